The molecule has 0 aliphatic carbocycles. The minimum Gasteiger partial charge on any atom is -0.398 e. The first-order valence-electron chi connectivity index (χ1n) is 9.03. The van der Waals surface area contributed by atoms with E-state index in [4.69, 9.17) is 16.2 Å². The van der Waals surface area contributed by atoms with Crippen molar-refractivity contribution in [1.29, 1.82) is 0 Å². The van der Waals surface area contributed by atoms with E-state index < -0.39 is 10.0 Å². The van der Waals surface area contributed by atoms with Gasteiger partial charge in [-0.1, -0.05) is 18.2 Å². The number of nitrogens with zero attached hydrogens (tertiary/aromatic N) is 4. The van der Waals surface area contributed by atoms with Crippen LogP contribution in [0.4, 0.5) is 11.5 Å². The van der Waals surface area contributed by atoms with E-state index in [1.807, 2.05) is 0 Å². The van der Waals surface area contributed by atoms with Gasteiger partial charge in [0.1, 0.15) is 18.1 Å². The average molecular weight is 415 g/mol. The molecule has 1 saturated heterocycles. The fourth-order valence-corrected chi connectivity index (χ4v) is 4.05. The van der Waals surface area contributed by atoms with E-state index in [9.17, 15) is 8.42 Å². The highest BCUT2D eigenvalue weighted by Crippen LogP contribution is 2.30. The Labute approximate surface area is 167 Å². The van der Waals surface area contributed by atoms with Gasteiger partial charge in [0.05, 0.1) is 12.4 Å². The Hall–Kier alpha value is -3.02. The topological polar surface area (TPSA) is 151 Å². The van der Waals surface area contributed by atoms with Gasteiger partial charge in [-0.3, -0.25) is 4.57 Å². The summed E-state index contributed by atoms with van der Waals surface area (Å²) in [5.41, 5.74) is 13.9. The van der Waals surface area contributed by atoms with Crippen molar-refractivity contribution in [2.75, 3.05) is 18.0 Å². The van der Waals surface area contributed by atoms with E-state index in [2.05, 4.69) is 19.7 Å². The predicted molar refractivity (Wildman–Crippen MR) is 110 cm³/mol. The summed E-state index contributed by atoms with van der Waals surface area (Å²) in [5.74, 6) is 0.307. The molecule has 0 unspecified atom stereocenters. The van der Waals surface area contributed by atoms with Gasteiger partial charge in [-0.25, -0.2) is 28.1 Å². The number of fused-ring (bicyclic) bond motifs is 1. The quantitative estimate of drug-likeness (QED) is 0.509. The molecule has 2 atom stereocenters. The van der Waals surface area contributed by atoms with E-state index in [1.54, 1.807) is 35.2 Å². The number of ether oxygens (including phenoxy) is 1. The fourth-order valence-electron chi connectivity index (χ4n) is 3.21. The molecule has 0 saturated carbocycles. The van der Waals surface area contributed by atoms with Gasteiger partial charge in [-0.15, -0.1) is 0 Å². The van der Waals surface area contributed by atoms with Crippen LogP contribution >= 0.6 is 0 Å². The van der Waals surface area contributed by atoms with Gasteiger partial charge in [0, 0.05) is 17.6 Å². The van der Waals surface area contributed by atoms with Gasteiger partial charge in [0.25, 0.3) is 0 Å². The zero-order valence-corrected chi connectivity index (χ0v) is 16.3. The molecule has 152 valence electrons. The number of benzene rings is 1. The van der Waals surface area contributed by atoms with Crippen LogP contribution in [0.25, 0.3) is 17.2 Å². The first-order valence-corrected chi connectivity index (χ1v) is 10.6. The highest BCUT2D eigenvalue weighted by Gasteiger charge is 2.28. The summed E-state index contributed by atoms with van der Waals surface area (Å²) in [6.45, 7) is 0.164. The smallest absolute Gasteiger partial charge is 0.233 e. The molecule has 2 aromatic heterocycles. The lowest BCUT2D eigenvalue weighted by atomic mass is 10.2. The second-order valence-electron chi connectivity index (χ2n) is 6.70. The van der Waals surface area contributed by atoms with E-state index >= 15 is 0 Å². The molecule has 1 aliphatic rings. The van der Waals surface area contributed by atoms with Crippen molar-refractivity contribution in [3.05, 3.63) is 47.9 Å². The SMILES string of the molecule is Nc1ccccc1/C=C/S(=O)(=O)NC[C@@H]1CC[C@H](n2cnc3c(N)ncnc32)O1. The third-order valence-electron chi connectivity index (χ3n) is 4.72. The van der Waals surface area contributed by atoms with Crippen molar-refractivity contribution in [3.63, 3.8) is 0 Å². The molecule has 4 rings (SSSR count). The molecule has 1 aromatic carbocycles. The zero-order valence-electron chi connectivity index (χ0n) is 15.5. The first-order chi connectivity index (χ1) is 13.9. The summed E-state index contributed by atoms with van der Waals surface area (Å²) in [5, 5.41) is 1.11. The van der Waals surface area contributed by atoms with Crippen molar-refractivity contribution in [2.24, 2.45) is 0 Å². The molecule has 0 radical (unpaired) electrons. The van der Waals surface area contributed by atoms with Crippen LogP contribution in [0.3, 0.4) is 0 Å². The highest BCUT2D eigenvalue weighted by molar-refractivity contribution is 7.92. The Balaban J connectivity index is 1.37. The molecule has 29 heavy (non-hydrogen) atoms. The minimum atomic E-state index is -3.62. The molecule has 0 bridgehead atoms. The average Bonchev–Trinajstić information content (AvgIpc) is 3.33. The van der Waals surface area contributed by atoms with Crippen LogP contribution in [-0.2, 0) is 14.8 Å². The summed E-state index contributed by atoms with van der Waals surface area (Å²) < 4.78 is 34.8. The van der Waals surface area contributed by atoms with Gasteiger partial charge in [0.2, 0.25) is 10.0 Å². The largest absolute Gasteiger partial charge is 0.398 e. The predicted octanol–water partition coefficient (Wildman–Crippen LogP) is 1.26. The summed E-state index contributed by atoms with van der Waals surface area (Å²) in [7, 11) is -3.62. The van der Waals surface area contributed by atoms with Crippen LogP contribution in [0.2, 0.25) is 0 Å². The lowest BCUT2D eigenvalue weighted by molar-refractivity contribution is 0.00714. The van der Waals surface area contributed by atoms with E-state index in [-0.39, 0.29) is 18.9 Å². The number of hydrogen-bond acceptors (Lipinski definition) is 8. The highest BCUT2D eigenvalue weighted by atomic mass is 32.2. The number of imidazole rings is 1. The lowest BCUT2D eigenvalue weighted by Crippen LogP contribution is -2.30. The molecular formula is C18H21N7O3S. The number of rotatable bonds is 6. The van der Waals surface area contributed by atoms with E-state index in [1.165, 1.54) is 12.4 Å². The van der Waals surface area contributed by atoms with Crippen LogP contribution in [0.1, 0.15) is 24.6 Å². The Kier molecular flexibility index (Phi) is 5.18. The number of nitrogens with one attached hydrogen (secondary N) is 1. The molecular weight excluding hydrogens is 394 g/mol. The first kappa shape index (κ1) is 19.3. The van der Waals surface area contributed by atoms with E-state index in [0.717, 1.165) is 5.41 Å². The number of aromatic nitrogens is 4. The van der Waals surface area contributed by atoms with Crippen molar-refractivity contribution >= 4 is 38.8 Å². The van der Waals surface area contributed by atoms with Crippen molar-refractivity contribution in [3.8, 4) is 0 Å². The molecule has 5 N–H and O–H groups in total. The zero-order chi connectivity index (χ0) is 20.4. The van der Waals surface area contributed by atoms with Crippen LogP contribution in [0, 0.1) is 0 Å². The summed E-state index contributed by atoms with van der Waals surface area (Å²) in [4.78, 5) is 12.4. The fraction of sp³-hybridized carbons (Fsp3) is 0.278. The third-order valence-corrected chi connectivity index (χ3v) is 5.78. The maximum absolute atomic E-state index is 12.3. The summed E-state index contributed by atoms with van der Waals surface area (Å²) in [6.07, 6.45) is 5.31. The Morgan fingerprint density at radius 2 is 2.03 bits per heavy atom. The van der Waals surface area contributed by atoms with Crippen molar-refractivity contribution in [2.45, 2.75) is 25.2 Å². The Morgan fingerprint density at radius 1 is 1.21 bits per heavy atom. The van der Waals surface area contributed by atoms with Crippen LogP contribution in [0.5, 0.6) is 0 Å². The molecule has 10 nitrogen and oxygen atoms in total. The monoisotopic (exact) mass is 415 g/mol. The normalized spacial score (nSPS) is 20.0. The van der Waals surface area contributed by atoms with Gasteiger partial charge in [-0.05, 0) is 30.5 Å². The van der Waals surface area contributed by atoms with Crippen LogP contribution < -0.4 is 16.2 Å². The minimum absolute atomic E-state index is 0.164. The third kappa shape index (κ3) is 4.21. The molecule has 0 spiro atoms. The van der Waals surface area contributed by atoms with Crippen molar-refractivity contribution in [1.82, 2.24) is 24.2 Å². The molecule has 3 aromatic rings. The number of nitrogen functional groups attached to an aromatic ring is 2. The van der Waals surface area contributed by atoms with Crippen molar-refractivity contribution < 1.29 is 13.2 Å². The molecule has 11 heteroatoms. The van der Waals surface area contributed by atoms with Gasteiger partial charge < -0.3 is 16.2 Å². The number of anilines is 2. The van der Waals surface area contributed by atoms with Crippen LogP contribution in [-0.4, -0.2) is 40.6 Å². The summed E-state index contributed by atoms with van der Waals surface area (Å²) in [6, 6.07) is 7.04. The molecule has 1 aliphatic heterocycles. The number of para-hydroxylation sites is 1. The number of nitrogens with two attached hydrogens (primary N) is 2. The number of hydrogen-bond donors (Lipinski definition) is 3. The molecule has 1 fully saturated rings. The van der Waals surface area contributed by atoms with Crippen LogP contribution in [0.15, 0.2) is 42.3 Å². The van der Waals surface area contributed by atoms with Gasteiger partial charge in [-0.2, -0.15) is 0 Å². The van der Waals surface area contributed by atoms with Gasteiger partial charge >= 0.3 is 0 Å². The standard InChI is InChI=1S/C18H21N7O3S/c19-14-4-2-1-3-12(14)7-8-29(26,27)24-9-13-5-6-15(28-13)25-11-23-16-17(20)21-10-22-18(16)25/h1-4,7-8,10-11,13,15,24H,5-6,9,19H2,(H2,20,21,22)/b8-7+/t13-,15+/m0/s1. The van der Waals surface area contributed by atoms with Gasteiger partial charge in [0.15, 0.2) is 11.5 Å². The number of sulfonamides is 1. The second-order valence-corrected chi connectivity index (χ2v) is 8.35. The Morgan fingerprint density at radius 3 is 2.86 bits per heavy atom. The maximum atomic E-state index is 12.3. The van der Waals surface area contributed by atoms with E-state index in [0.29, 0.717) is 41.1 Å². The second kappa shape index (κ2) is 7.78. The Bertz CT molecular complexity index is 1160. The molecule has 3 heterocycles. The lowest BCUT2D eigenvalue weighted by Gasteiger charge is -2.15. The summed E-state index contributed by atoms with van der Waals surface area (Å²) >= 11 is 0. The maximum Gasteiger partial charge on any atom is 0.233 e. The molecule has 0 amide bonds.